The molecule has 0 unspecified atom stereocenters. The lowest BCUT2D eigenvalue weighted by Gasteiger charge is -2.06. The van der Waals surface area contributed by atoms with Crippen LogP contribution >= 0.6 is 0 Å². The predicted octanol–water partition coefficient (Wildman–Crippen LogP) is 0.736. The SMILES string of the molecule is CCc1ccc(OCC(=O)NCCO)cc1. The van der Waals surface area contributed by atoms with Gasteiger partial charge in [0.25, 0.3) is 5.91 Å². The Morgan fingerprint density at radius 1 is 1.38 bits per heavy atom. The molecule has 0 aliphatic carbocycles. The fourth-order valence-electron chi connectivity index (χ4n) is 1.22. The zero-order valence-corrected chi connectivity index (χ0v) is 9.40. The Labute approximate surface area is 95.2 Å². The van der Waals surface area contributed by atoms with E-state index in [1.807, 2.05) is 24.3 Å². The fraction of sp³-hybridized carbons (Fsp3) is 0.417. The second kappa shape index (κ2) is 6.85. The molecule has 0 saturated heterocycles. The van der Waals surface area contributed by atoms with Gasteiger partial charge >= 0.3 is 0 Å². The number of aryl methyl sites for hydroxylation is 1. The summed E-state index contributed by atoms with van der Waals surface area (Å²) in [5.41, 5.74) is 1.23. The molecule has 88 valence electrons. The van der Waals surface area contributed by atoms with Crippen molar-refractivity contribution in [3.05, 3.63) is 29.8 Å². The van der Waals surface area contributed by atoms with Crippen molar-refractivity contribution in [2.24, 2.45) is 0 Å². The molecule has 0 spiro atoms. The number of rotatable bonds is 6. The van der Waals surface area contributed by atoms with E-state index in [2.05, 4.69) is 12.2 Å². The Hall–Kier alpha value is -1.55. The molecule has 0 saturated carbocycles. The largest absolute Gasteiger partial charge is 0.484 e. The van der Waals surface area contributed by atoms with Crippen LogP contribution in [0, 0.1) is 0 Å². The maximum Gasteiger partial charge on any atom is 0.258 e. The Bertz CT molecular complexity index is 322. The summed E-state index contributed by atoms with van der Waals surface area (Å²) >= 11 is 0. The average Bonchev–Trinajstić information content (AvgIpc) is 2.34. The average molecular weight is 223 g/mol. The lowest BCUT2D eigenvalue weighted by molar-refractivity contribution is -0.123. The normalized spacial score (nSPS) is 9.88. The summed E-state index contributed by atoms with van der Waals surface area (Å²) in [5.74, 6) is 0.449. The highest BCUT2D eigenvalue weighted by atomic mass is 16.5. The van der Waals surface area contributed by atoms with Crippen molar-refractivity contribution in [1.29, 1.82) is 0 Å². The molecule has 16 heavy (non-hydrogen) atoms. The molecule has 1 aromatic rings. The number of carbonyl (C=O) groups excluding carboxylic acids is 1. The Balaban J connectivity index is 2.33. The number of hydrogen-bond donors (Lipinski definition) is 2. The van der Waals surface area contributed by atoms with Gasteiger partial charge in [-0.1, -0.05) is 19.1 Å². The van der Waals surface area contributed by atoms with Gasteiger partial charge in [0.05, 0.1) is 6.61 Å². The molecule has 1 amide bonds. The lowest BCUT2D eigenvalue weighted by Crippen LogP contribution is -2.31. The van der Waals surface area contributed by atoms with Crippen molar-refractivity contribution in [3.8, 4) is 5.75 Å². The zero-order chi connectivity index (χ0) is 11.8. The molecule has 0 radical (unpaired) electrons. The second-order valence-corrected chi connectivity index (χ2v) is 3.36. The number of nitrogens with one attached hydrogen (secondary N) is 1. The highest BCUT2D eigenvalue weighted by Crippen LogP contribution is 2.12. The molecular weight excluding hydrogens is 206 g/mol. The maximum atomic E-state index is 11.2. The smallest absolute Gasteiger partial charge is 0.258 e. The molecule has 4 nitrogen and oxygen atoms in total. The molecule has 0 fully saturated rings. The van der Waals surface area contributed by atoms with Crippen LogP contribution in [0.15, 0.2) is 24.3 Å². The Kier molecular flexibility index (Phi) is 5.36. The van der Waals surface area contributed by atoms with Crippen LogP contribution < -0.4 is 10.1 Å². The fourth-order valence-corrected chi connectivity index (χ4v) is 1.22. The third-order valence-electron chi connectivity index (χ3n) is 2.14. The van der Waals surface area contributed by atoms with Crippen molar-refractivity contribution in [2.75, 3.05) is 19.8 Å². The van der Waals surface area contributed by atoms with Gasteiger partial charge in [-0.25, -0.2) is 0 Å². The van der Waals surface area contributed by atoms with Crippen LogP contribution in [0.1, 0.15) is 12.5 Å². The van der Waals surface area contributed by atoms with Gasteiger partial charge in [-0.2, -0.15) is 0 Å². The molecule has 4 heteroatoms. The summed E-state index contributed by atoms with van der Waals surface area (Å²) in [5, 5.41) is 11.0. The first kappa shape index (κ1) is 12.5. The van der Waals surface area contributed by atoms with Crippen LogP contribution in [0.4, 0.5) is 0 Å². The van der Waals surface area contributed by atoms with Gasteiger partial charge in [-0.3, -0.25) is 4.79 Å². The van der Waals surface area contributed by atoms with Crippen molar-refractivity contribution in [1.82, 2.24) is 5.32 Å². The van der Waals surface area contributed by atoms with Crippen molar-refractivity contribution < 1.29 is 14.6 Å². The van der Waals surface area contributed by atoms with E-state index >= 15 is 0 Å². The molecule has 0 aliphatic heterocycles. The third kappa shape index (κ3) is 4.31. The lowest BCUT2D eigenvalue weighted by atomic mass is 10.2. The summed E-state index contributed by atoms with van der Waals surface area (Å²) in [7, 11) is 0. The quantitative estimate of drug-likeness (QED) is 0.747. The van der Waals surface area contributed by atoms with Crippen molar-refractivity contribution in [2.45, 2.75) is 13.3 Å². The maximum absolute atomic E-state index is 11.2. The topological polar surface area (TPSA) is 58.6 Å². The molecule has 0 atom stereocenters. The van der Waals surface area contributed by atoms with E-state index < -0.39 is 0 Å². The van der Waals surface area contributed by atoms with Crippen LogP contribution in [0.25, 0.3) is 0 Å². The number of carbonyl (C=O) groups is 1. The highest BCUT2D eigenvalue weighted by Gasteiger charge is 2.01. The van der Waals surface area contributed by atoms with Crippen molar-refractivity contribution in [3.63, 3.8) is 0 Å². The minimum absolute atomic E-state index is 0.0223. The van der Waals surface area contributed by atoms with Gasteiger partial charge in [-0.15, -0.1) is 0 Å². The van der Waals surface area contributed by atoms with Gasteiger partial charge in [-0.05, 0) is 24.1 Å². The first-order chi connectivity index (χ1) is 7.76. The van der Waals surface area contributed by atoms with E-state index in [0.717, 1.165) is 6.42 Å². The van der Waals surface area contributed by atoms with Gasteiger partial charge in [0, 0.05) is 6.54 Å². The molecule has 1 rings (SSSR count). The van der Waals surface area contributed by atoms with Crippen LogP contribution in [0.2, 0.25) is 0 Å². The highest BCUT2D eigenvalue weighted by molar-refractivity contribution is 5.77. The minimum Gasteiger partial charge on any atom is -0.484 e. The summed E-state index contributed by atoms with van der Waals surface area (Å²) in [6.45, 7) is 2.26. The number of amides is 1. The predicted molar refractivity (Wildman–Crippen MR) is 61.4 cm³/mol. The third-order valence-corrected chi connectivity index (χ3v) is 2.14. The van der Waals surface area contributed by atoms with E-state index in [9.17, 15) is 4.79 Å². The minimum atomic E-state index is -0.228. The van der Waals surface area contributed by atoms with Gasteiger partial charge in [0.1, 0.15) is 5.75 Å². The number of ether oxygens (including phenoxy) is 1. The molecule has 0 heterocycles. The van der Waals surface area contributed by atoms with E-state index in [1.165, 1.54) is 5.56 Å². The molecular formula is C12H17NO3. The number of aliphatic hydroxyl groups is 1. The van der Waals surface area contributed by atoms with Crippen LogP contribution in [0.5, 0.6) is 5.75 Å². The van der Waals surface area contributed by atoms with Crippen molar-refractivity contribution >= 4 is 5.91 Å². The van der Waals surface area contributed by atoms with Gasteiger partial charge in [0.15, 0.2) is 6.61 Å². The molecule has 0 aromatic heterocycles. The monoisotopic (exact) mass is 223 g/mol. The Morgan fingerprint density at radius 2 is 2.06 bits per heavy atom. The standard InChI is InChI=1S/C12H17NO3/c1-2-10-3-5-11(6-4-10)16-9-12(15)13-7-8-14/h3-6,14H,2,7-9H2,1H3,(H,13,15). The summed E-state index contributed by atoms with van der Waals surface area (Å²) in [6.07, 6.45) is 0.983. The van der Waals surface area contributed by atoms with Crippen LogP contribution in [-0.2, 0) is 11.2 Å². The van der Waals surface area contributed by atoms with E-state index in [-0.39, 0.29) is 25.7 Å². The van der Waals surface area contributed by atoms with E-state index in [4.69, 9.17) is 9.84 Å². The van der Waals surface area contributed by atoms with Crippen LogP contribution in [-0.4, -0.2) is 30.8 Å². The second-order valence-electron chi connectivity index (χ2n) is 3.36. The first-order valence-electron chi connectivity index (χ1n) is 5.35. The molecule has 0 aliphatic rings. The molecule has 2 N–H and O–H groups in total. The number of hydrogen-bond acceptors (Lipinski definition) is 3. The van der Waals surface area contributed by atoms with Gasteiger partial charge in [0.2, 0.25) is 0 Å². The molecule has 0 bridgehead atoms. The molecule has 1 aromatic carbocycles. The summed E-state index contributed by atoms with van der Waals surface area (Å²) in [6, 6.07) is 7.64. The van der Waals surface area contributed by atoms with Crippen LogP contribution in [0.3, 0.4) is 0 Å². The summed E-state index contributed by atoms with van der Waals surface area (Å²) in [4.78, 5) is 11.2. The summed E-state index contributed by atoms with van der Waals surface area (Å²) < 4.78 is 5.27. The zero-order valence-electron chi connectivity index (χ0n) is 9.40. The first-order valence-corrected chi connectivity index (χ1v) is 5.35. The Morgan fingerprint density at radius 3 is 2.62 bits per heavy atom. The number of benzene rings is 1. The van der Waals surface area contributed by atoms with E-state index in [1.54, 1.807) is 0 Å². The number of aliphatic hydroxyl groups excluding tert-OH is 1. The van der Waals surface area contributed by atoms with Gasteiger partial charge < -0.3 is 15.2 Å². The van der Waals surface area contributed by atoms with E-state index in [0.29, 0.717) is 5.75 Å².